The number of anilines is 1. The molecule has 5 rings (SSSR count). The number of ether oxygens (including phenoxy) is 1. The Morgan fingerprint density at radius 3 is 2.65 bits per heavy atom. The fraction of sp³-hybridized carbons (Fsp3) is 0.333. The van der Waals surface area contributed by atoms with E-state index >= 15 is 0 Å². The van der Waals surface area contributed by atoms with Gasteiger partial charge in [0.1, 0.15) is 5.52 Å². The Hall–Kier alpha value is -3.53. The Morgan fingerprint density at radius 2 is 1.89 bits per heavy atom. The zero-order valence-corrected chi connectivity index (χ0v) is 21.3. The summed E-state index contributed by atoms with van der Waals surface area (Å²) in [5.41, 5.74) is 2.47. The molecule has 0 spiro atoms. The van der Waals surface area contributed by atoms with E-state index in [1.807, 2.05) is 24.3 Å². The highest BCUT2D eigenvalue weighted by molar-refractivity contribution is 7.22. The maximum Gasteiger partial charge on any atom is 0.339 e. The number of amides is 1. The lowest BCUT2D eigenvalue weighted by molar-refractivity contribution is -0.119. The lowest BCUT2D eigenvalue weighted by Gasteiger charge is -2.35. The molecule has 37 heavy (non-hydrogen) atoms. The maximum atomic E-state index is 14.0. The molecule has 1 amide bonds. The molecular weight excluding hydrogens is 503 g/mol. The second-order valence-electron chi connectivity index (χ2n) is 10.2. The first-order chi connectivity index (χ1) is 17.5. The molecule has 2 aromatic carbocycles. The number of hydrogen-bond donors (Lipinski definition) is 1. The van der Waals surface area contributed by atoms with Crippen LogP contribution in [-0.2, 0) is 22.4 Å². The summed E-state index contributed by atoms with van der Waals surface area (Å²) in [7, 11) is 0. The number of carbonyl (C=O) groups excluding carboxylic acids is 2. The van der Waals surface area contributed by atoms with Crippen LogP contribution in [0.25, 0.3) is 21.1 Å². The summed E-state index contributed by atoms with van der Waals surface area (Å²) in [5, 5.41) is 2.99. The molecule has 0 fully saturated rings. The van der Waals surface area contributed by atoms with Crippen LogP contribution in [0, 0.1) is 28.8 Å². The molecule has 1 atom stereocenters. The summed E-state index contributed by atoms with van der Waals surface area (Å²) in [6.07, 6.45) is 2.39. The number of esters is 1. The number of thiazole rings is 1. The SMILES string of the molecule is CC(C)(C)C1CCc2nc3ccccc3c(C(=O)OCC(=O)Nc3nc4c(F)c(F)c(F)cc4s3)c2C1. The first-order valence-corrected chi connectivity index (χ1v) is 12.7. The zero-order chi connectivity index (χ0) is 26.5. The molecular formula is C27H24F3N3O3S. The molecule has 10 heteroatoms. The Balaban J connectivity index is 1.37. The van der Waals surface area contributed by atoms with Gasteiger partial charge in [0.15, 0.2) is 29.2 Å². The lowest BCUT2D eigenvalue weighted by Crippen LogP contribution is -2.29. The predicted octanol–water partition coefficient (Wildman–Crippen LogP) is 6.21. The number of fused-ring (bicyclic) bond motifs is 3. The molecule has 6 nitrogen and oxygen atoms in total. The fourth-order valence-electron chi connectivity index (χ4n) is 4.75. The number of carbonyl (C=O) groups is 2. The third-order valence-electron chi connectivity index (χ3n) is 6.79. The van der Waals surface area contributed by atoms with Gasteiger partial charge in [0, 0.05) is 11.1 Å². The van der Waals surface area contributed by atoms with Crippen LogP contribution in [0.4, 0.5) is 18.3 Å². The van der Waals surface area contributed by atoms with Crippen LogP contribution >= 0.6 is 11.3 Å². The average Bonchev–Trinajstić information content (AvgIpc) is 3.25. The van der Waals surface area contributed by atoms with Crippen molar-refractivity contribution in [1.82, 2.24) is 9.97 Å². The molecule has 192 valence electrons. The number of aryl methyl sites for hydroxylation is 1. The Morgan fingerprint density at radius 1 is 1.14 bits per heavy atom. The number of aromatic nitrogens is 2. The third-order valence-corrected chi connectivity index (χ3v) is 7.71. The molecule has 0 radical (unpaired) electrons. The van der Waals surface area contributed by atoms with Crippen molar-refractivity contribution in [3.8, 4) is 0 Å². The summed E-state index contributed by atoms with van der Waals surface area (Å²) < 4.78 is 46.4. The highest BCUT2D eigenvalue weighted by atomic mass is 32.1. The molecule has 0 saturated carbocycles. The molecule has 0 aliphatic heterocycles. The molecule has 4 aromatic rings. The number of rotatable bonds is 4. The van der Waals surface area contributed by atoms with E-state index in [1.165, 1.54) is 0 Å². The summed E-state index contributed by atoms with van der Waals surface area (Å²) in [6.45, 7) is 5.91. The van der Waals surface area contributed by atoms with Crippen LogP contribution in [0.1, 0.15) is 48.8 Å². The maximum absolute atomic E-state index is 14.0. The monoisotopic (exact) mass is 527 g/mol. The van der Waals surface area contributed by atoms with E-state index in [2.05, 4.69) is 31.1 Å². The van der Waals surface area contributed by atoms with Crippen molar-refractivity contribution >= 4 is 49.5 Å². The van der Waals surface area contributed by atoms with Gasteiger partial charge in [-0.05, 0) is 48.3 Å². The van der Waals surface area contributed by atoms with Crippen LogP contribution in [0.5, 0.6) is 0 Å². The largest absolute Gasteiger partial charge is 0.452 e. The van der Waals surface area contributed by atoms with E-state index in [0.29, 0.717) is 28.8 Å². The van der Waals surface area contributed by atoms with Crippen LogP contribution in [0.3, 0.4) is 0 Å². The van der Waals surface area contributed by atoms with Gasteiger partial charge in [0.2, 0.25) is 0 Å². The van der Waals surface area contributed by atoms with E-state index in [-0.39, 0.29) is 20.8 Å². The first kappa shape index (κ1) is 25.1. The van der Waals surface area contributed by atoms with Crippen molar-refractivity contribution in [3.63, 3.8) is 0 Å². The number of benzene rings is 2. The summed E-state index contributed by atoms with van der Waals surface area (Å²) in [6, 6.07) is 8.13. The third kappa shape index (κ3) is 4.77. The lowest BCUT2D eigenvalue weighted by atomic mass is 9.70. The first-order valence-electron chi connectivity index (χ1n) is 11.8. The van der Waals surface area contributed by atoms with Crippen LogP contribution < -0.4 is 5.32 Å². The van der Waals surface area contributed by atoms with Crippen LogP contribution in [0.2, 0.25) is 0 Å². The van der Waals surface area contributed by atoms with Crippen molar-refractivity contribution in [2.75, 3.05) is 11.9 Å². The van der Waals surface area contributed by atoms with Gasteiger partial charge in [-0.3, -0.25) is 15.1 Å². The highest BCUT2D eigenvalue weighted by Crippen LogP contribution is 2.39. The van der Waals surface area contributed by atoms with E-state index < -0.39 is 35.9 Å². The predicted molar refractivity (Wildman–Crippen MR) is 135 cm³/mol. The molecule has 0 bridgehead atoms. The summed E-state index contributed by atoms with van der Waals surface area (Å²) in [5.74, 6) is -5.41. The molecule has 1 aliphatic rings. The Kier molecular flexibility index (Phi) is 6.39. The molecule has 1 unspecified atom stereocenters. The van der Waals surface area contributed by atoms with E-state index in [1.54, 1.807) is 0 Å². The molecule has 1 N–H and O–H groups in total. The van der Waals surface area contributed by atoms with Crippen molar-refractivity contribution in [2.45, 2.75) is 40.0 Å². The van der Waals surface area contributed by atoms with Crippen LogP contribution in [-0.4, -0.2) is 28.5 Å². The fourth-order valence-corrected chi connectivity index (χ4v) is 5.65. The number of pyridine rings is 1. The standard InChI is InChI=1S/C27H24F3N3O3S/c1-27(2,3)13-8-9-18-15(10-13)21(14-6-4-5-7-17(14)31-18)25(35)36-12-20(34)32-26-33-24-19(37-26)11-16(28)22(29)23(24)30/h4-7,11,13H,8-10,12H2,1-3H3,(H,32,33,34). The Labute approximate surface area is 214 Å². The Bertz CT molecular complexity index is 1560. The average molecular weight is 528 g/mol. The van der Waals surface area contributed by atoms with Gasteiger partial charge in [0.05, 0.1) is 15.8 Å². The number of nitrogens with one attached hydrogen (secondary N) is 1. The molecule has 2 aromatic heterocycles. The van der Waals surface area contributed by atoms with Gasteiger partial charge in [-0.1, -0.05) is 50.3 Å². The molecule has 0 saturated heterocycles. The van der Waals surface area contributed by atoms with Crippen molar-refractivity contribution < 1.29 is 27.5 Å². The smallest absolute Gasteiger partial charge is 0.339 e. The number of hydrogen-bond acceptors (Lipinski definition) is 6. The van der Waals surface area contributed by atoms with Gasteiger partial charge < -0.3 is 4.74 Å². The summed E-state index contributed by atoms with van der Waals surface area (Å²) in [4.78, 5) is 34.4. The number of nitrogens with zero attached hydrogens (tertiary/aromatic N) is 2. The molecule has 2 heterocycles. The molecule has 1 aliphatic carbocycles. The number of halogens is 3. The second kappa shape index (κ2) is 9.41. The van der Waals surface area contributed by atoms with E-state index in [9.17, 15) is 22.8 Å². The van der Waals surface area contributed by atoms with Crippen molar-refractivity contribution in [2.24, 2.45) is 11.3 Å². The van der Waals surface area contributed by atoms with Crippen molar-refractivity contribution in [3.05, 3.63) is 64.6 Å². The number of para-hydroxylation sites is 1. The van der Waals surface area contributed by atoms with E-state index in [0.717, 1.165) is 41.5 Å². The minimum Gasteiger partial charge on any atom is -0.452 e. The van der Waals surface area contributed by atoms with E-state index in [4.69, 9.17) is 9.72 Å². The van der Waals surface area contributed by atoms with Crippen LogP contribution in [0.15, 0.2) is 30.3 Å². The van der Waals surface area contributed by atoms with Gasteiger partial charge in [-0.2, -0.15) is 0 Å². The summed E-state index contributed by atoms with van der Waals surface area (Å²) >= 11 is 0.778. The van der Waals surface area contributed by atoms with Gasteiger partial charge in [-0.25, -0.2) is 22.9 Å². The topological polar surface area (TPSA) is 81.2 Å². The minimum atomic E-state index is -1.63. The highest BCUT2D eigenvalue weighted by Gasteiger charge is 2.33. The van der Waals surface area contributed by atoms with Gasteiger partial charge in [-0.15, -0.1) is 0 Å². The van der Waals surface area contributed by atoms with Crippen molar-refractivity contribution in [1.29, 1.82) is 0 Å². The quantitative estimate of drug-likeness (QED) is 0.252. The normalized spacial score (nSPS) is 15.6. The van der Waals surface area contributed by atoms with Gasteiger partial charge in [0.25, 0.3) is 5.91 Å². The second-order valence-corrected chi connectivity index (χ2v) is 11.2. The minimum absolute atomic E-state index is 0.0342. The van der Waals surface area contributed by atoms with Gasteiger partial charge >= 0.3 is 5.97 Å². The zero-order valence-electron chi connectivity index (χ0n) is 20.5.